The van der Waals surface area contributed by atoms with Crippen LogP contribution in [0, 0.1) is 0 Å². The van der Waals surface area contributed by atoms with Crippen LogP contribution in [0.2, 0.25) is 0 Å². The summed E-state index contributed by atoms with van der Waals surface area (Å²) in [5.41, 5.74) is -1.43. The highest BCUT2D eigenvalue weighted by molar-refractivity contribution is 7.69. The molecule has 21 nitrogen and oxygen atoms in total. The van der Waals surface area contributed by atoms with E-state index < -0.39 is 73.7 Å². The minimum Gasteiger partial charge on any atom is -0.394 e. The summed E-state index contributed by atoms with van der Waals surface area (Å²) < 4.78 is 63.9. The van der Waals surface area contributed by atoms with E-state index in [9.17, 15) is 38.1 Å². The number of hydrogen-bond acceptors (Lipinski definition) is 13. The Morgan fingerprint density at radius 3 is 1.76 bits per heavy atom. The van der Waals surface area contributed by atoms with Gasteiger partial charge in [-0.25, -0.2) is 23.1 Å². The molecule has 1 saturated heterocycles. The minimum absolute atomic E-state index is 0.610. The number of aromatic nitrogens is 2. The van der Waals surface area contributed by atoms with Crippen LogP contribution in [0.25, 0.3) is 0 Å². The number of hydrogen-bond donors (Lipinski definition) is 10. The molecule has 2 heterocycles. The van der Waals surface area contributed by atoms with E-state index in [1.807, 2.05) is 4.98 Å². The van der Waals surface area contributed by atoms with Crippen molar-refractivity contribution in [1.29, 1.82) is 0 Å². The Bertz CT molecular complexity index is 1140. The van der Waals surface area contributed by atoms with E-state index in [1.54, 1.807) is 0 Å². The quantitative estimate of drug-likeness (QED) is 0.133. The maximum Gasteiger partial charge on any atom is 0.490 e. The lowest BCUT2D eigenvalue weighted by atomic mass is 10.1. The Kier molecular flexibility index (Phi) is 9.85. The van der Waals surface area contributed by atoms with E-state index in [-0.39, 0.29) is 0 Å². The van der Waals surface area contributed by atoms with Crippen molar-refractivity contribution in [2.45, 2.75) is 24.5 Å². The highest BCUT2D eigenvalue weighted by Gasteiger charge is 2.44. The fourth-order valence-corrected chi connectivity index (χ4v) is 6.06. The first kappa shape index (κ1) is 29.3. The molecule has 34 heavy (non-hydrogen) atoms. The highest BCUT2D eigenvalue weighted by atomic mass is 31.3. The van der Waals surface area contributed by atoms with Crippen LogP contribution in [0.4, 0.5) is 0 Å². The molecule has 1 aromatic heterocycles. The van der Waals surface area contributed by atoms with Crippen molar-refractivity contribution in [3.05, 3.63) is 33.1 Å². The minimum atomic E-state index is -5.77. The molecule has 0 amide bonds. The average molecular weight is 583 g/mol. The first-order valence-electron chi connectivity index (χ1n) is 8.45. The van der Waals surface area contributed by atoms with Crippen LogP contribution in [-0.2, 0) is 35.9 Å². The van der Waals surface area contributed by atoms with Crippen molar-refractivity contribution in [2.24, 2.45) is 0 Å². The Morgan fingerprint density at radius 1 is 0.941 bits per heavy atom. The molecule has 1 aliphatic rings. The molecular weight excluding hydrogens is 564 g/mol. The molecule has 10 N–H and O–H groups in total. The Balaban J connectivity index is 0.000000351. The van der Waals surface area contributed by atoms with Crippen LogP contribution < -0.4 is 11.2 Å². The molecule has 0 radical (unpaired) electrons. The largest absolute Gasteiger partial charge is 0.490 e. The molecule has 1 fully saturated rings. The topological polar surface area (TPSA) is 342 Å². The molecule has 2 rings (SSSR count). The normalized spacial score (nSPS) is 28.1. The van der Waals surface area contributed by atoms with Crippen molar-refractivity contribution in [1.82, 2.24) is 9.55 Å². The first-order chi connectivity index (χ1) is 15.5. The number of aliphatic hydroxyl groups is 3. The molecule has 0 bridgehead atoms. The summed E-state index contributed by atoms with van der Waals surface area (Å²) >= 11 is 0. The summed E-state index contributed by atoms with van der Waals surface area (Å²) in [5.74, 6) is 0. The summed E-state index contributed by atoms with van der Waals surface area (Å²) in [6.07, 6.45) is -4.49. The molecular formula is C9H18N2O19P4. The van der Waals surface area contributed by atoms with Crippen molar-refractivity contribution in [3.8, 4) is 0 Å². The average Bonchev–Trinajstić information content (AvgIpc) is 2.85. The van der Waals surface area contributed by atoms with Crippen molar-refractivity contribution >= 4 is 31.3 Å². The molecule has 25 heteroatoms. The van der Waals surface area contributed by atoms with Gasteiger partial charge >= 0.3 is 37.0 Å². The highest BCUT2D eigenvalue weighted by Crippen LogP contribution is 2.69. The lowest BCUT2D eigenvalue weighted by molar-refractivity contribution is -0.0550. The van der Waals surface area contributed by atoms with Gasteiger partial charge in [-0.3, -0.25) is 14.3 Å². The molecule has 198 valence electrons. The number of nitrogens with one attached hydrogen (secondary N) is 1. The van der Waals surface area contributed by atoms with E-state index in [0.29, 0.717) is 0 Å². The second-order valence-corrected chi connectivity index (χ2v) is 11.6. The lowest BCUT2D eigenvalue weighted by Gasteiger charge is -2.16. The van der Waals surface area contributed by atoms with Gasteiger partial charge in [0.1, 0.15) is 18.3 Å². The van der Waals surface area contributed by atoms with Crippen molar-refractivity contribution < 1.29 is 82.0 Å². The molecule has 3 unspecified atom stereocenters. The number of rotatable bonds is 8. The van der Waals surface area contributed by atoms with Crippen molar-refractivity contribution in [3.63, 3.8) is 0 Å². The summed E-state index contributed by atoms with van der Waals surface area (Å²) in [6.45, 7) is -1.75. The number of phosphoric acid groups is 4. The van der Waals surface area contributed by atoms with Gasteiger partial charge in [0.05, 0.1) is 7.95 Å². The molecule has 0 aliphatic carbocycles. The van der Waals surface area contributed by atoms with Gasteiger partial charge in [-0.15, -0.1) is 0 Å². The number of nitrogens with zero attached hydrogens (tertiary/aromatic N) is 1. The molecule has 0 aromatic carbocycles. The van der Waals surface area contributed by atoms with Gasteiger partial charge in [0, 0.05) is 12.3 Å². The fourth-order valence-electron chi connectivity index (χ4n) is 2.10. The summed E-state index contributed by atoms with van der Waals surface area (Å²) in [4.78, 5) is 73.8. The molecule has 1 aromatic rings. The van der Waals surface area contributed by atoms with Gasteiger partial charge in [0.25, 0.3) is 5.56 Å². The SMILES string of the molecule is O=P(O)(O)OP(=O)(O)OP(=O)(O)OP(=O)(O)O.[2H]C(O)[C@H]1O[C@@H](n2ccc(=O)[nH]c2=O)[C@H](O)[C@@H]1O. The number of H-pyrrole nitrogens is 1. The second kappa shape index (κ2) is 11.4. The number of ether oxygens (including phenoxy) is 1. The molecule has 0 saturated carbocycles. The van der Waals surface area contributed by atoms with Gasteiger partial charge in [-0.2, -0.15) is 12.9 Å². The molecule has 7 atom stereocenters. The van der Waals surface area contributed by atoms with E-state index >= 15 is 0 Å². The van der Waals surface area contributed by atoms with Gasteiger partial charge in [0.2, 0.25) is 0 Å². The van der Waals surface area contributed by atoms with Crippen LogP contribution >= 0.6 is 31.3 Å². The van der Waals surface area contributed by atoms with Crippen molar-refractivity contribution in [2.75, 3.05) is 6.58 Å². The third kappa shape index (κ3) is 10.4. The predicted molar refractivity (Wildman–Crippen MR) is 101 cm³/mol. The standard InChI is InChI=1S/C9H12N2O6.H6O13P4/c12-3-4-6(14)7(15)8(17-4)11-2-1-5(13)10-9(11)16;1-14(2,3)11-16(7,8)13-17(9,10)12-15(4,5)6/h1-2,4,6-8,12,14-15H,3H2,(H,10,13,16);(H,7,8)(H,9,10)(H2,1,2,3)(H2,4,5,6)/t4-,6-,7-,8-;/m1./s1/i3D;/t3?,4-,6-,7-,8-;. The smallest absolute Gasteiger partial charge is 0.394 e. The van der Waals surface area contributed by atoms with E-state index in [4.69, 9.17) is 40.6 Å². The van der Waals surface area contributed by atoms with Gasteiger partial charge in [0.15, 0.2) is 6.23 Å². The Hall–Kier alpha value is -0.920. The van der Waals surface area contributed by atoms with Crippen LogP contribution in [-0.4, -0.2) is 79.1 Å². The zero-order chi connectivity index (χ0) is 27.6. The maximum atomic E-state index is 11.5. The van der Waals surface area contributed by atoms with Gasteiger partial charge < -0.3 is 49.4 Å². The summed E-state index contributed by atoms with van der Waals surface area (Å²) in [6, 6.07) is 1.05. The fraction of sp³-hybridized carbons (Fsp3) is 0.556. The van der Waals surface area contributed by atoms with Crippen LogP contribution in [0.5, 0.6) is 0 Å². The maximum absolute atomic E-state index is 11.5. The summed E-state index contributed by atoms with van der Waals surface area (Å²) in [5, 5.41) is 28.3. The Morgan fingerprint density at radius 2 is 1.41 bits per heavy atom. The summed E-state index contributed by atoms with van der Waals surface area (Å²) in [7, 11) is -22.6. The van der Waals surface area contributed by atoms with Crippen LogP contribution in [0.3, 0.4) is 0 Å². The Labute approximate surface area is 187 Å². The van der Waals surface area contributed by atoms with E-state index in [0.717, 1.165) is 16.8 Å². The van der Waals surface area contributed by atoms with Gasteiger partial charge in [-0.1, -0.05) is 0 Å². The second-order valence-electron chi connectivity index (χ2n) is 5.80. The van der Waals surface area contributed by atoms with Gasteiger partial charge in [-0.05, 0) is 0 Å². The lowest BCUT2D eigenvalue weighted by Crippen LogP contribution is -2.37. The first-order valence-corrected chi connectivity index (χ1v) is 13.9. The zero-order valence-electron chi connectivity index (χ0n) is 16.9. The van der Waals surface area contributed by atoms with E-state index in [2.05, 4.69) is 12.9 Å². The third-order valence-corrected chi connectivity index (χ3v) is 8.18. The van der Waals surface area contributed by atoms with Crippen LogP contribution in [0.15, 0.2) is 21.9 Å². The number of aromatic amines is 1. The predicted octanol–water partition coefficient (Wildman–Crippen LogP) is -3.43. The van der Waals surface area contributed by atoms with Crippen LogP contribution in [0.1, 0.15) is 7.60 Å². The van der Waals surface area contributed by atoms with E-state index in [1.165, 1.54) is 0 Å². The molecule has 0 spiro atoms. The molecule has 1 aliphatic heterocycles. The zero-order valence-corrected chi connectivity index (χ0v) is 19.5. The monoisotopic (exact) mass is 583 g/mol. The number of aliphatic hydroxyl groups excluding tert-OH is 3. The third-order valence-electron chi connectivity index (χ3n) is 3.17.